The van der Waals surface area contributed by atoms with Crippen LogP contribution in [0.5, 0.6) is 5.75 Å². The second-order valence-corrected chi connectivity index (χ2v) is 21.7. The molecule has 4 atom stereocenters. The summed E-state index contributed by atoms with van der Waals surface area (Å²) >= 11 is 3.69. The first-order valence-electron chi connectivity index (χ1n) is 19.9. The number of carbonyl (C=O) groups excluding carboxylic acids is 2. The topological polar surface area (TPSA) is 114 Å². The molecule has 10 nitrogen and oxygen atoms in total. The van der Waals surface area contributed by atoms with Gasteiger partial charge in [-0.25, -0.2) is 0 Å². The molecule has 1 N–H and O–H groups in total. The lowest BCUT2D eigenvalue weighted by Crippen LogP contribution is -2.52. The van der Waals surface area contributed by atoms with E-state index < -0.39 is 19.8 Å². The zero-order valence-corrected chi connectivity index (χ0v) is 36.1. The van der Waals surface area contributed by atoms with E-state index in [1.165, 1.54) is 9.87 Å². The molecule has 59 heavy (non-hydrogen) atoms. The van der Waals surface area contributed by atoms with Gasteiger partial charge >= 0.3 is 0 Å². The van der Waals surface area contributed by atoms with Gasteiger partial charge in [-0.3, -0.25) is 14.4 Å². The average Bonchev–Trinajstić information content (AvgIpc) is 3.67. The van der Waals surface area contributed by atoms with Crippen LogP contribution in [0.3, 0.4) is 0 Å². The molecule has 2 aliphatic heterocycles. The SMILES string of the molecule is COc1ccc([Si](C)(C)[C@@H]2[C@@H](CC(=O)N(CCO)Cc3ccccc3)O[C@]3(C(=O)N(Cc4ccc(-n5ncc6ccccc6c5=O)cc4)c4ccc(Br)cc43)[C@H]2C)cc1. The van der Waals surface area contributed by atoms with E-state index in [1.807, 2.05) is 103 Å². The molecule has 3 heterocycles. The monoisotopic (exact) mass is 870 g/mol. The summed E-state index contributed by atoms with van der Waals surface area (Å²) in [5.41, 5.74) is 2.24. The minimum Gasteiger partial charge on any atom is -0.497 e. The maximum absolute atomic E-state index is 15.4. The molecule has 0 radical (unpaired) electrons. The summed E-state index contributed by atoms with van der Waals surface area (Å²) in [5.74, 6) is 0.124. The number of hydrogen-bond donors (Lipinski definition) is 1. The van der Waals surface area contributed by atoms with E-state index >= 15 is 4.79 Å². The van der Waals surface area contributed by atoms with Crippen LogP contribution in [0.4, 0.5) is 5.69 Å². The third-order valence-electron chi connectivity index (χ3n) is 12.3. The second kappa shape index (κ2) is 16.3. The highest BCUT2D eigenvalue weighted by Crippen LogP contribution is 2.60. The van der Waals surface area contributed by atoms with E-state index in [4.69, 9.17) is 9.47 Å². The van der Waals surface area contributed by atoms with Gasteiger partial charge in [-0.2, -0.15) is 9.78 Å². The fourth-order valence-electron chi connectivity index (χ4n) is 9.36. The van der Waals surface area contributed by atoms with Crippen molar-refractivity contribution < 1.29 is 24.2 Å². The third-order valence-corrected chi connectivity index (χ3v) is 17.2. The standard InChI is InChI=1S/C47H47BrN4O6Si/c1-31-44(59(3,4)38-21-19-37(57-2)20-22-38)42(27-43(54)50(24-25-53)29-32-10-6-5-7-11-32)58-47(31)40-26-35(48)16-23-41(40)51(46(47)56)30-33-14-17-36(18-15-33)52-45(55)39-13-9-8-12-34(39)28-49-52/h5-23,26,28,31,42,44,53H,24-25,27,29-30H2,1-4H3/t31-,42+,44-,47+/m0/s1. The number of aliphatic hydroxyl groups excluding tert-OH is 1. The Labute approximate surface area is 353 Å². The van der Waals surface area contributed by atoms with E-state index in [9.17, 15) is 14.7 Å². The number of rotatable bonds is 12. The number of hydrogen-bond acceptors (Lipinski definition) is 7. The molecule has 6 aromatic rings. The Morgan fingerprint density at radius 3 is 2.36 bits per heavy atom. The summed E-state index contributed by atoms with van der Waals surface area (Å²) in [5, 5.41) is 17.0. The van der Waals surface area contributed by atoms with Crippen LogP contribution >= 0.6 is 15.9 Å². The zero-order valence-electron chi connectivity index (χ0n) is 33.5. The molecule has 2 amide bonds. The molecule has 2 aliphatic rings. The minimum atomic E-state index is -2.53. The molecule has 5 aromatic carbocycles. The quantitative estimate of drug-likeness (QED) is 0.128. The number of carbonyl (C=O) groups is 2. The summed E-state index contributed by atoms with van der Waals surface area (Å²) in [4.78, 5) is 46.6. The first-order valence-corrected chi connectivity index (χ1v) is 23.8. The maximum Gasteiger partial charge on any atom is 0.279 e. The number of nitrogens with zero attached hydrogens (tertiary/aromatic N) is 4. The fourth-order valence-corrected chi connectivity index (χ4v) is 13.7. The van der Waals surface area contributed by atoms with Crippen LogP contribution in [0.2, 0.25) is 18.6 Å². The van der Waals surface area contributed by atoms with Gasteiger partial charge in [-0.15, -0.1) is 0 Å². The number of fused-ring (bicyclic) bond motifs is 3. The number of amides is 2. The summed E-state index contributed by atoms with van der Waals surface area (Å²) in [6, 6.07) is 38.7. The van der Waals surface area contributed by atoms with E-state index in [2.05, 4.69) is 53.2 Å². The van der Waals surface area contributed by atoms with Crippen LogP contribution in [0.1, 0.15) is 30.0 Å². The summed E-state index contributed by atoms with van der Waals surface area (Å²) in [6.07, 6.45) is 1.14. The molecule has 1 fully saturated rings. The third kappa shape index (κ3) is 7.32. The molecular formula is C47H47BrN4O6Si. The van der Waals surface area contributed by atoms with Gasteiger partial charge in [0, 0.05) is 34.4 Å². The van der Waals surface area contributed by atoms with Crippen LogP contribution < -0.4 is 20.4 Å². The Bertz CT molecular complexity index is 2570. The van der Waals surface area contributed by atoms with Crippen LogP contribution in [0.25, 0.3) is 16.5 Å². The van der Waals surface area contributed by atoms with Gasteiger partial charge in [0.15, 0.2) is 5.60 Å². The van der Waals surface area contributed by atoms with Crippen LogP contribution in [-0.4, -0.2) is 66.0 Å². The van der Waals surface area contributed by atoms with Gasteiger partial charge in [0.05, 0.1) is 63.8 Å². The Balaban J connectivity index is 1.15. The molecule has 0 aliphatic carbocycles. The molecule has 8 rings (SSSR count). The van der Waals surface area contributed by atoms with E-state index in [1.54, 1.807) is 29.2 Å². The molecule has 1 aromatic heterocycles. The van der Waals surface area contributed by atoms with Crippen molar-refractivity contribution in [1.82, 2.24) is 14.7 Å². The number of aliphatic hydroxyl groups is 1. The highest BCUT2D eigenvalue weighted by molar-refractivity contribution is 9.10. The fraction of sp³-hybridized carbons (Fsp3) is 0.277. The summed E-state index contributed by atoms with van der Waals surface area (Å²) in [7, 11) is -0.887. The molecule has 0 saturated carbocycles. The van der Waals surface area contributed by atoms with Crippen LogP contribution in [0.15, 0.2) is 137 Å². The van der Waals surface area contributed by atoms with Crippen LogP contribution in [0, 0.1) is 5.92 Å². The molecule has 12 heteroatoms. The van der Waals surface area contributed by atoms with Crippen molar-refractivity contribution in [2.24, 2.45) is 5.92 Å². The van der Waals surface area contributed by atoms with Gasteiger partial charge in [-0.1, -0.05) is 114 Å². The first-order chi connectivity index (χ1) is 28.5. The van der Waals surface area contributed by atoms with Gasteiger partial charge in [0.2, 0.25) is 5.91 Å². The Hall–Kier alpha value is -5.40. The highest BCUT2D eigenvalue weighted by atomic mass is 79.9. The number of methoxy groups -OCH3 is 1. The van der Waals surface area contributed by atoms with Crippen molar-refractivity contribution in [3.05, 3.63) is 159 Å². The van der Waals surface area contributed by atoms with E-state index in [0.717, 1.165) is 38.0 Å². The molecule has 302 valence electrons. The average molecular weight is 872 g/mol. The number of benzene rings is 5. The van der Waals surface area contributed by atoms with Gasteiger partial charge < -0.3 is 24.4 Å². The Morgan fingerprint density at radius 2 is 1.64 bits per heavy atom. The zero-order chi connectivity index (χ0) is 41.5. The van der Waals surface area contributed by atoms with Crippen molar-refractivity contribution in [2.45, 2.75) is 56.8 Å². The van der Waals surface area contributed by atoms with Gasteiger partial charge in [0.25, 0.3) is 11.5 Å². The first kappa shape index (κ1) is 40.4. The van der Waals surface area contributed by atoms with Crippen molar-refractivity contribution in [3.8, 4) is 11.4 Å². The lowest BCUT2D eigenvalue weighted by atomic mass is 9.82. The number of halogens is 1. The van der Waals surface area contributed by atoms with Crippen molar-refractivity contribution in [2.75, 3.05) is 25.2 Å². The number of ether oxygens (including phenoxy) is 2. The molecular weight excluding hydrogens is 825 g/mol. The van der Waals surface area contributed by atoms with E-state index in [0.29, 0.717) is 17.6 Å². The van der Waals surface area contributed by atoms with Crippen LogP contribution in [-0.2, 0) is 33.0 Å². The maximum atomic E-state index is 15.4. The van der Waals surface area contributed by atoms with Crippen molar-refractivity contribution in [1.29, 1.82) is 0 Å². The molecule has 1 spiro atoms. The number of aromatic nitrogens is 2. The van der Waals surface area contributed by atoms with E-state index in [-0.39, 0.29) is 54.9 Å². The Morgan fingerprint density at radius 1 is 0.932 bits per heavy atom. The normalized spacial score (nSPS) is 20.0. The summed E-state index contributed by atoms with van der Waals surface area (Å²) < 4.78 is 15.0. The largest absolute Gasteiger partial charge is 0.497 e. The second-order valence-electron chi connectivity index (χ2n) is 16.1. The molecule has 1 saturated heterocycles. The smallest absolute Gasteiger partial charge is 0.279 e. The molecule has 0 bridgehead atoms. The highest BCUT2D eigenvalue weighted by Gasteiger charge is 2.66. The predicted octanol–water partition coefficient (Wildman–Crippen LogP) is 7.33. The lowest BCUT2D eigenvalue weighted by molar-refractivity contribution is -0.150. The summed E-state index contributed by atoms with van der Waals surface area (Å²) in [6.45, 7) is 7.31. The van der Waals surface area contributed by atoms with Crippen molar-refractivity contribution in [3.63, 3.8) is 0 Å². The molecule has 0 unspecified atom stereocenters. The van der Waals surface area contributed by atoms with Crippen molar-refractivity contribution >= 4 is 57.5 Å². The van der Waals surface area contributed by atoms with Gasteiger partial charge in [-0.05, 0) is 65.2 Å². The number of anilines is 1. The predicted molar refractivity (Wildman–Crippen MR) is 236 cm³/mol. The van der Waals surface area contributed by atoms with Gasteiger partial charge in [0.1, 0.15) is 5.75 Å². The minimum absolute atomic E-state index is 0.0520. The lowest BCUT2D eigenvalue weighted by Gasteiger charge is -2.37. The Kier molecular flexibility index (Phi) is 11.2.